The normalized spacial score (nSPS) is 10.5. The standard InChI is InChI=1S/C15H14BrF2NO2/c1-20-14-8-11(4-7-13(14)16)19-9-10-2-5-12(6-3-10)21-15(17)18/h2-8,15,19H,9H2,1H3. The van der Waals surface area contributed by atoms with Crippen LogP contribution in [0.15, 0.2) is 46.9 Å². The topological polar surface area (TPSA) is 30.5 Å². The van der Waals surface area contributed by atoms with Crippen LogP contribution in [0.5, 0.6) is 11.5 Å². The lowest BCUT2D eigenvalue weighted by Crippen LogP contribution is -2.03. The van der Waals surface area contributed by atoms with E-state index in [-0.39, 0.29) is 5.75 Å². The first kappa shape index (κ1) is 15.6. The molecule has 2 aromatic rings. The Kier molecular flexibility index (Phi) is 5.38. The van der Waals surface area contributed by atoms with Crippen LogP contribution in [0, 0.1) is 0 Å². The monoisotopic (exact) mass is 357 g/mol. The van der Waals surface area contributed by atoms with Crippen LogP contribution in [0.2, 0.25) is 0 Å². The number of anilines is 1. The van der Waals surface area contributed by atoms with E-state index in [9.17, 15) is 8.78 Å². The van der Waals surface area contributed by atoms with Crippen molar-refractivity contribution in [3.63, 3.8) is 0 Å². The van der Waals surface area contributed by atoms with E-state index in [2.05, 4.69) is 26.0 Å². The molecular weight excluding hydrogens is 344 g/mol. The smallest absolute Gasteiger partial charge is 0.387 e. The number of hydrogen-bond donors (Lipinski definition) is 1. The van der Waals surface area contributed by atoms with Crippen molar-refractivity contribution in [3.8, 4) is 11.5 Å². The number of nitrogens with one attached hydrogen (secondary N) is 1. The summed E-state index contributed by atoms with van der Waals surface area (Å²) in [7, 11) is 1.60. The van der Waals surface area contributed by atoms with Crippen LogP contribution in [0.4, 0.5) is 14.5 Å². The highest BCUT2D eigenvalue weighted by Crippen LogP contribution is 2.28. The Balaban J connectivity index is 1.96. The van der Waals surface area contributed by atoms with Gasteiger partial charge in [-0.3, -0.25) is 0 Å². The largest absolute Gasteiger partial charge is 0.495 e. The summed E-state index contributed by atoms with van der Waals surface area (Å²) in [4.78, 5) is 0. The second-order valence-electron chi connectivity index (χ2n) is 4.23. The molecule has 1 N–H and O–H groups in total. The third-order valence-corrected chi connectivity index (χ3v) is 3.45. The Morgan fingerprint density at radius 2 is 1.86 bits per heavy atom. The first-order chi connectivity index (χ1) is 10.1. The fourth-order valence-corrected chi connectivity index (χ4v) is 2.17. The van der Waals surface area contributed by atoms with Crippen molar-refractivity contribution in [2.75, 3.05) is 12.4 Å². The quantitative estimate of drug-likeness (QED) is 0.814. The SMILES string of the molecule is COc1cc(NCc2ccc(OC(F)F)cc2)ccc1Br. The summed E-state index contributed by atoms with van der Waals surface area (Å²) in [5.74, 6) is 0.889. The number of hydrogen-bond acceptors (Lipinski definition) is 3. The minimum absolute atomic E-state index is 0.152. The fraction of sp³-hybridized carbons (Fsp3) is 0.200. The second-order valence-corrected chi connectivity index (χ2v) is 5.08. The van der Waals surface area contributed by atoms with Gasteiger partial charge >= 0.3 is 6.61 Å². The van der Waals surface area contributed by atoms with Crippen molar-refractivity contribution in [1.29, 1.82) is 0 Å². The average Bonchev–Trinajstić information content (AvgIpc) is 2.47. The van der Waals surface area contributed by atoms with Crippen molar-refractivity contribution in [2.45, 2.75) is 13.2 Å². The lowest BCUT2D eigenvalue weighted by molar-refractivity contribution is -0.0498. The molecule has 0 fully saturated rings. The van der Waals surface area contributed by atoms with Gasteiger partial charge in [0, 0.05) is 18.3 Å². The van der Waals surface area contributed by atoms with Gasteiger partial charge in [-0.1, -0.05) is 12.1 Å². The van der Waals surface area contributed by atoms with Crippen molar-refractivity contribution >= 4 is 21.6 Å². The van der Waals surface area contributed by atoms with Crippen LogP contribution in [0.1, 0.15) is 5.56 Å². The molecule has 0 heterocycles. The minimum atomic E-state index is -2.80. The molecule has 0 bridgehead atoms. The van der Waals surface area contributed by atoms with E-state index in [4.69, 9.17) is 4.74 Å². The predicted molar refractivity (Wildman–Crippen MR) is 81.1 cm³/mol. The molecule has 0 atom stereocenters. The summed E-state index contributed by atoms with van der Waals surface area (Å²) in [6.45, 7) is -2.23. The average molecular weight is 358 g/mol. The number of rotatable bonds is 6. The summed E-state index contributed by atoms with van der Waals surface area (Å²) in [5, 5.41) is 3.23. The molecule has 0 amide bonds. The summed E-state index contributed by atoms with van der Waals surface area (Å²) in [6.07, 6.45) is 0. The van der Waals surface area contributed by atoms with Gasteiger partial charge in [-0.05, 0) is 45.8 Å². The summed E-state index contributed by atoms with van der Waals surface area (Å²) < 4.78 is 34.5. The molecule has 0 saturated heterocycles. The Bertz CT molecular complexity index is 591. The highest BCUT2D eigenvalue weighted by atomic mass is 79.9. The number of halogens is 3. The fourth-order valence-electron chi connectivity index (χ4n) is 1.76. The maximum absolute atomic E-state index is 12.0. The Hall–Kier alpha value is -1.82. The van der Waals surface area contributed by atoms with Crippen LogP contribution in [-0.4, -0.2) is 13.7 Å². The predicted octanol–water partition coefficient (Wildman–Crippen LogP) is 4.67. The molecule has 2 rings (SSSR count). The van der Waals surface area contributed by atoms with Crippen molar-refractivity contribution < 1.29 is 18.3 Å². The van der Waals surface area contributed by atoms with Gasteiger partial charge in [-0.25, -0.2) is 0 Å². The molecule has 0 aliphatic heterocycles. The van der Waals surface area contributed by atoms with Gasteiger partial charge in [-0.2, -0.15) is 8.78 Å². The lowest BCUT2D eigenvalue weighted by Gasteiger charge is -2.10. The third kappa shape index (κ3) is 4.60. The molecule has 0 spiro atoms. The molecule has 0 saturated carbocycles. The highest BCUT2D eigenvalue weighted by Gasteiger charge is 2.04. The van der Waals surface area contributed by atoms with Crippen LogP contribution in [0.3, 0.4) is 0 Å². The van der Waals surface area contributed by atoms with Crippen LogP contribution >= 0.6 is 15.9 Å². The number of benzene rings is 2. The van der Waals surface area contributed by atoms with E-state index in [1.54, 1.807) is 19.2 Å². The third-order valence-electron chi connectivity index (χ3n) is 2.80. The van der Waals surface area contributed by atoms with Crippen LogP contribution in [0.25, 0.3) is 0 Å². The molecule has 0 unspecified atom stereocenters. The van der Waals surface area contributed by atoms with Gasteiger partial charge in [0.2, 0.25) is 0 Å². The molecule has 6 heteroatoms. The molecular formula is C15H14BrF2NO2. The molecule has 3 nitrogen and oxygen atoms in total. The van der Waals surface area contributed by atoms with E-state index in [0.717, 1.165) is 21.5 Å². The van der Waals surface area contributed by atoms with Crippen LogP contribution in [-0.2, 0) is 6.54 Å². The van der Waals surface area contributed by atoms with Gasteiger partial charge in [0.25, 0.3) is 0 Å². The van der Waals surface area contributed by atoms with Gasteiger partial charge in [0.15, 0.2) is 0 Å². The lowest BCUT2D eigenvalue weighted by atomic mass is 10.2. The summed E-state index contributed by atoms with van der Waals surface area (Å²) in [5.41, 5.74) is 1.86. The van der Waals surface area contributed by atoms with E-state index >= 15 is 0 Å². The zero-order valence-corrected chi connectivity index (χ0v) is 12.9. The van der Waals surface area contributed by atoms with E-state index < -0.39 is 6.61 Å². The Labute approximate surface area is 130 Å². The number of methoxy groups -OCH3 is 1. The Morgan fingerprint density at radius 3 is 2.48 bits per heavy atom. The highest BCUT2D eigenvalue weighted by molar-refractivity contribution is 9.10. The van der Waals surface area contributed by atoms with Crippen molar-refractivity contribution in [3.05, 3.63) is 52.5 Å². The minimum Gasteiger partial charge on any atom is -0.495 e. The maximum atomic E-state index is 12.0. The van der Waals surface area contributed by atoms with Gasteiger partial charge in [0.05, 0.1) is 11.6 Å². The van der Waals surface area contributed by atoms with E-state index in [0.29, 0.717) is 6.54 Å². The molecule has 0 aromatic heterocycles. The summed E-state index contributed by atoms with van der Waals surface area (Å²) in [6, 6.07) is 12.2. The summed E-state index contributed by atoms with van der Waals surface area (Å²) >= 11 is 3.39. The zero-order chi connectivity index (χ0) is 15.2. The maximum Gasteiger partial charge on any atom is 0.387 e. The van der Waals surface area contributed by atoms with Crippen LogP contribution < -0.4 is 14.8 Å². The molecule has 21 heavy (non-hydrogen) atoms. The van der Waals surface area contributed by atoms with E-state index in [1.165, 1.54) is 12.1 Å². The number of ether oxygens (including phenoxy) is 2. The van der Waals surface area contributed by atoms with Gasteiger partial charge < -0.3 is 14.8 Å². The molecule has 0 aliphatic rings. The first-order valence-corrected chi connectivity index (χ1v) is 6.99. The van der Waals surface area contributed by atoms with Gasteiger partial charge in [0.1, 0.15) is 11.5 Å². The zero-order valence-electron chi connectivity index (χ0n) is 11.3. The van der Waals surface area contributed by atoms with Gasteiger partial charge in [-0.15, -0.1) is 0 Å². The molecule has 0 radical (unpaired) electrons. The molecule has 0 aliphatic carbocycles. The van der Waals surface area contributed by atoms with E-state index in [1.807, 2.05) is 18.2 Å². The number of alkyl halides is 2. The first-order valence-electron chi connectivity index (χ1n) is 6.19. The van der Waals surface area contributed by atoms with Crippen molar-refractivity contribution in [2.24, 2.45) is 0 Å². The molecule has 112 valence electrons. The van der Waals surface area contributed by atoms with Crippen molar-refractivity contribution in [1.82, 2.24) is 0 Å². The molecule has 2 aromatic carbocycles. The Morgan fingerprint density at radius 1 is 1.14 bits per heavy atom. The second kappa shape index (κ2) is 7.26.